The number of nitrogens with one attached hydrogen (secondary N) is 1. The first-order valence-corrected chi connectivity index (χ1v) is 8.58. The van der Waals surface area contributed by atoms with E-state index in [-0.39, 0.29) is 11.7 Å². The van der Waals surface area contributed by atoms with Crippen molar-refractivity contribution >= 4 is 34.4 Å². The third-order valence-electron chi connectivity index (χ3n) is 3.12. The fourth-order valence-electron chi connectivity index (χ4n) is 1.91. The molecule has 0 saturated heterocycles. The minimum atomic E-state index is -0.209. The molecule has 0 bridgehead atoms. The summed E-state index contributed by atoms with van der Waals surface area (Å²) < 4.78 is 0. The fourth-order valence-corrected chi connectivity index (χ4v) is 3.55. The van der Waals surface area contributed by atoms with E-state index < -0.39 is 0 Å². The van der Waals surface area contributed by atoms with E-state index in [1.807, 2.05) is 30.3 Å². The molecule has 0 spiro atoms. The Morgan fingerprint density at radius 2 is 1.96 bits per heavy atom. The van der Waals surface area contributed by atoms with Crippen LogP contribution in [0.3, 0.4) is 0 Å². The molecule has 1 aromatic carbocycles. The van der Waals surface area contributed by atoms with Crippen molar-refractivity contribution in [2.24, 2.45) is 0 Å². The van der Waals surface area contributed by atoms with Crippen molar-refractivity contribution in [2.45, 2.75) is 13.5 Å². The highest BCUT2D eigenvalue weighted by Crippen LogP contribution is 2.23. The van der Waals surface area contributed by atoms with Crippen molar-refractivity contribution in [3.63, 3.8) is 0 Å². The average molecular weight is 343 g/mol. The molecule has 3 rings (SSSR count). The fraction of sp³-hybridized carbons (Fsp3) is 0.125. The van der Waals surface area contributed by atoms with Crippen LogP contribution >= 0.6 is 22.7 Å². The van der Waals surface area contributed by atoms with Crippen molar-refractivity contribution < 1.29 is 9.59 Å². The van der Waals surface area contributed by atoms with Crippen LogP contribution in [0, 0.1) is 0 Å². The monoisotopic (exact) mass is 343 g/mol. The van der Waals surface area contributed by atoms with Crippen molar-refractivity contribution in [2.75, 3.05) is 0 Å². The zero-order valence-electron chi connectivity index (χ0n) is 12.3. The van der Waals surface area contributed by atoms with Gasteiger partial charge in [-0.3, -0.25) is 9.59 Å². The normalized spacial score (nSPS) is 10.5. The number of nitrogens with zero attached hydrogens (tertiary/aromatic N) is 2. The largest absolute Gasteiger partial charge is 0.345 e. The lowest BCUT2D eigenvalue weighted by molar-refractivity contribution is 0.0954. The number of thiophene rings is 1. The molecule has 0 fully saturated rings. The molecule has 116 valence electrons. The first kappa shape index (κ1) is 15.5. The number of Topliss-reactive ketones (excluding diaryl/α,β-unsaturated/α-hetero) is 1. The summed E-state index contributed by atoms with van der Waals surface area (Å²) in [6, 6.07) is 11.4. The maximum Gasteiger partial charge on any atom is 0.261 e. The molecule has 1 amide bonds. The van der Waals surface area contributed by atoms with E-state index in [1.54, 1.807) is 11.4 Å². The topological polar surface area (TPSA) is 72.0 Å². The molecule has 0 unspecified atom stereocenters. The molecular formula is C16H13N3O2S2. The molecule has 0 aliphatic carbocycles. The number of carbonyl (C=O) groups is 2. The van der Waals surface area contributed by atoms with Gasteiger partial charge in [0, 0.05) is 16.5 Å². The summed E-state index contributed by atoms with van der Waals surface area (Å²) in [4.78, 5) is 23.8. The van der Waals surface area contributed by atoms with Crippen LogP contribution in [0.15, 0.2) is 41.8 Å². The van der Waals surface area contributed by atoms with E-state index in [2.05, 4.69) is 15.5 Å². The quantitative estimate of drug-likeness (QED) is 0.721. The number of aromatic nitrogens is 2. The Kier molecular flexibility index (Phi) is 4.59. The van der Waals surface area contributed by atoms with Crippen LogP contribution in [-0.2, 0) is 6.54 Å². The maximum absolute atomic E-state index is 12.1. The first-order valence-electron chi connectivity index (χ1n) is 6.89. The van der Waals surface area contributed by atoms with Crippen molar-refractivity contribution in [3.05, 3.63) is 57.2 Å². The van der Waals surface area contributed by atoms with E-state index in [9.17, 15) is 9.59 Å². The Balaban J connectivity index is 1.63. The van der Waals surface area contributed by atoms with Crippen LogP contribution in [0.5, 0.6) is 0 Å². The molecular weight excluding hydrogens is 330 g/mol. The number of hydrogen-bond acceptors (Lipinski definition) is 6. The Labute approximate surface area is 141 Å². The molecule has 3 aromatic rings. The molecule has 0 saturated carbocycles. The summed E-state index contributed by atoms with van der Waals surface area (Å²) in [5.74, 6) is -0.254. The van der Waals surface area contributed by atoms with Gasteiger partial charge >= 0.3 is 0 Å². The lowest BCUT2D eigenvalue weighted by Crippen LogP contribution is -2.21. The van der Waals surface area contributed by atoms with Gasteiger partial charge < -0.3 is 5.32 Å². The smallest absolute Gasteiger partial charge is 0.261 e. The molecule has 2 aromatic heterocycles. The highest BCUT2D eigenvalue weighted by atomic mass is 32.1. The summed E-state index contributed by atoms with van der Waals surface area (Å²) in [6.07, 6.45) is 0. The molecule has 5 nitrogen and oxygen atoms in total. The lowest BCUT2D eigenvalue weighted by atomic mass is 10.2. The molecule has 0 aliphatic heterocycles. The summed E-state index contributed by atoms with van der Waals surface area (Å²) in [5, 5.41) is 14.3. The second-order valence-electron chi connectivity index (χ2n) is 4.81. The van der Waals surface area contributed by atoms with Gasteiger partial charge in [0.05, 0.1) is 11.4 Å². The Morgan fingerprint density at radius 3 is 2.65 bits per heavy atom. The minimum absolute atomic E-state index is 0.0445. The van der Waals surface area contributed by atoms with Crippen LogP contribution in [0.4, 0.5) is 0 Å². The van der Waals surface area contributed by atoms with E-state index in [0.717, 1.165) is 15.6 Å². The van der Waals surface area contributed by atoms with E-state index in [1.165, 1.54) is 29.6 Å². The second-order valence-corrected chi connectivity index (χ2v) is 6.78. The summed E-state index contributed by atoms with van der Waals surface area (Å²) in [6.45, 7) is 1.80. The van der Waals surface area contributed by atoms with Gasteiger partial charge in [-0.2, -0.15) is 0 Å². The zero-order chi connectivity index (χ0) is 16.2. The number of benzene rings is 1. The zero-order valence-corrected chi connectivity index (χ0v) is 13.9. The van der Waals surface area contributed by atoms with Crippen molar-refractivity contribution in [3.8, 4) is 10.6 Å². The Bertz CT molecular complexity index is 840. The number of amides is 1. The van der Waals surface area contributed by atoms with Gasteiger partial charge in [-0.15, -0.1) is 21.5 Å². The molecule has 2 heterocycles. The minimum Gasteiger partial charge on any atom is -0.345 e. The Hall–Kier alpha value is -2.38. The van der Waals surface area contributed by atoms with Crippen LogP contribution in [0.25, 0.3) is 10.6 Å². The lowest BCUT2D eigenvalue weighted by Gasteiger charge is -1.99. The first-order chi connectivity index (χ1) is 11.1. The predicted octanol–water partition coefficient (Wildman–Crippen LogP) is 3.40. The number of hydrogen-bond donors (Lipinski definition) is 1. The third-order valence-corrected chi connectivity index (χ3v) is 5.02. The predicted molar refractivity (Wildman–Crippen MR) is 90.8 cm³/mol. The molecule has 0 atom stereocenters. The van der Waals surface area contributed by atoms with E-state index in [0.29, 0.717) is 17.0 Å². The van der Waals surface area contributed by atoms with Crippen LogP contribution in [0.2, 0.25) is 0 Å². The second kappa shape index (κ2) is 6.80. The Morgan fingerprint density at radius 1 is 1.17 bits per heavy atom. The van der Waals surface area contributed by atoms with Gasteiger partial charge in [-0.25, -0.2) is 0 Å². The van der Waals surface area contributed by atoms with Crippen LogP contribution < -0.4 is 5.32 Å². The van der Waals surface area contributed by atoms with Crippen LogP contribution in [0.1, 0.15) is 32.0 Å². The SMILES string of the molecule is CC(=O)c1csc(C(=O)NCc2nnc(-c3ccccc3)s2)c1. The number of carbonyl (C=O) groups excluding carboxylic acids is 2. The highest BCUT2D eigenvalue weighted by Gasteiger charge is 2.12. The van der Waals surface area contributed by atoms with Gasteiger partial charge in [0.25, 0.3) is 5.91 Å². The molecule has 0 radical (unpaired) electrons. The van der Waals surface area contributed by atoms with E-state index in [4.69, 9.17) is 0 Å². The average Bonchev–Trinajstić information content (AvgIpc) is 3.23. The third kappa shape index (κ3) is 3.69. The summed E-state index contributed by atoms with van der Waals surface area (Å²) in [5.41, 5.74) is 1.56. The molecule has 0 aliphatic rings. The van der Waals surface area contributed by atoms with Gasteiger partial charge in [-0.1, -0.05) is 41.7 Å². The number of rotatable bonds is 5. The van der Waals surface area contributed by atoms with Crippen LogP contribution in [-0.4, -0.2) is 21.9 Å². The maximum atomic E-state index is 12.1. The van der Waals surface area contributed by atoms with Gasteiger partial charge in [-0.05, 0) is 13.0 Å². The van der Waals surface area contributed by atoms with Gasteiger partial charge in [0.1, 0.15) is 10.0 Å². The van der Waals surface area contributed by atoms with Crippen molar-refractivity contribution in [1.29, 1.82) is 0 Å². The van der Waals surface area contributed by atoms with Gasteiger partial charge in [0.2, 0.25) is 0 Å². The van der Waals surface area contributed by atoms with E-state index >= 15 is 0 Å². The van der Waals surface area contributed by atoms with Crippen molar-refractivity contribution in [1.82, 2.24) is 15.5 Å². The summed E-state index contributed by atoms with van der Waals surface area (Å²) >= 11 is 2.70. The molecule has 23 heavy (non-hydrogen) atoms. The molecule has 1 N–H and O–H groups in total. The highest BCUT2D eigenvalue weighted by molar-refractivity contribution is 7.14. The number of ketones is 1. The standard InChI is InChI=1S/C16H13N3O2S2/c1-10(20)12-7-13(22-9-12)15(21)17-8-14-18-19-16(23-14)11-5-3-2-4-6-11/h2-7,9H,8H2,1H3,(H,17,21). The molecule has 7 heteroatoms. The summed E-state index contributed by atoms with van der Waals surface area (Å²) in [7, 11) is 0. The van der Waals surface area contributed by atoms with Gasteiger partial charge in [0.15, 0.2) is 5.78 Å².